The highest BCUT2D eigenvalue weighted by molar-refractivity contribution is 7.64. The van der Waals surface area contributed by atoms with Crippen LogP contribution < -0.4 is 0 Å². The Morgan fingerprint density at radius 1 is 0.426 bits per heavy atom. The normalized spacial score (nSPS) is 11.3. The smallest absolute Gasteiger partial charge is 0.104 e. The Hall–Kier alpha value is -1.11. The fourth-order valence-electron chi connectivity index (χ4n) is 7.35. The highest BCUT2D eigenvalue weighted by Crippen LogP contribution is 2.23. The lowest BCUT2D eigenvalue weighted by molar-refractivity contribution is -0.941. The van der Waals surface area contributed by atoms with Crippen molar-refractivity contribution in [1.82, 2.24) is 0 Å². The highest BCUT2D eigenvalue weighted by atomic mass is 32.1. The first-order chi connectivity index (χ1) is 23.2. The zero-order valence-electron chi connectivity index (χ0n) is 32.2. The molecule has 1 aromatic carbocycles. The van der Waals surface area contributed by atoms with E-state index in [1.807, 2.05) is 0 Å². The Bertz CT molecular complexity index is 698. The van der Waals surface area contributed by atoms with E-state index < -0.39 is 0 Å². The zero-order chi connectivity index (χ0) is 34.4. The summed E-state index contributed by atoms with van der Waals surface area (Å²) in [5.74, 6) is 0. The summed E-state index contributed by atoms with van der Waals surface area (Å²) in [6, 6.07) is 11.5. The number of quaternary nitrogens is 1. The van der Waals surface area contributed by atoms with Gasteiger partial charge in [-0.3, -0.25) is 0 Å². The minimum atomic E-state index is 1.26. The van der Waals surface area contributed by atoms with Crippen molar-refractivity contribution in [3.8, 4) is 5.40 Å². The lowest BCUT2D eigenvalue weighted by Crippen LogP contribution is -2.49. The van der Waals surface area contributed by atoms with Gasteiger partial charge in [0.1, 0.15) is 6.54 Å². The van der Waals surface area contributed by atoms with Crippen LogP contribution in [0, 0.1) is 10.7 Å². The molecule has 0 radical (unpaired) electrons. The molecule has 274 valence electrons. The Kier molecular flexibility index (Phi) is 36.8. The van der Waals surface area contributed by atoms with Crippen molar-refractivity contribution in [1.29, 1.82) is 5.26 Å². The van der Waals surface area contributed by atoms with Gasteiger partial charge in [-0.25, -0.2) is 5.26 Å². The second-order valence-corrected chi connectivity index (χ2v) is 15.0. The van der Waals surface area contributed by atoms with Crippen molar-refractivity contribution < 1.29 is 4.48 Å². The predicted octanol–water partition coefficient (Wildman–Crippen LogP) is 14.8. The molecule has 1 rings (SSSR count). The third kappa shape index (κ3) is 31.9. The molecule has 47 heavy (non-hydrogen) atoms. The van der Waals surface area contributed by atoms with Crippen molar-refractivity contribution in [3.63, 3.8) is 0 Å². The van der Waals surface area contributed by atoms with Gasteiger partial charge in [-0.1, -0.05) is 211 Å². The zero-order valence-corrected chi connectivity index (χ0v) is 33.0. The molecular formula is C44H82N2S. The average Bonchev–Trinajstić information content (AvgIpc) is 3.08. The van der Waals surface area contributed by atoms with E-state index in [9.17, 15) is 0 Å². The minimum Gasteiger partial charge on any atom is -0.696 e. The van der Waals surface area contributed by atoms with Crippen molar-refractivity contribution in [2.24, 2.45) is 0 Å². The van der Waals surface area contributed by atoms with Crippen LogP contribution >= 0.6 is 0 Å². The molecule has 3 heteroatoms. The summed E-state index contributed by atoms with van der Waals surface area (Å²) in [5.41, 5.74) is 1.57. The number of nitrogens with zero attached hydrogens (tertiary/aromatic N) is 2. The molecule has 0 atom stereocenters. The van der Waals surface area contributed by atoms with E-state index in [4.69, 9.17) is 5.26 Å². The molecule has 0 amide bonds. The van der Waals surface area contributed by atoms with Crippen LogP contribution in [0.3, 0.4) is 0 Å². The molecule has 0 aliphatic rings. The molecule has 0 saturated heterocycles. The molecule has 0 heterocycles. The lowest BCUT2D eigenvalue weighted by atomic mass is 10.0. The van der Waals surface area contributed by atoms with E-state index in [1.165, 1.54) is 229 Å². The molecule has 0 unspecified atom stereocenters. The first kappa shape index (κ1) is 45.9. The van der Waals surface area contributed by atoms with E-state index >= 15 is 0 Å². The van der Waals surface area contributed by atoms with Crippen LogP contribution in [-0.2, 0) is 19.2 Å². The van der Waals surface area contributed by atoms with Crippen LogP contribution in [0.5, 0.6) is 0 Å². The monoisotopic (exact) mass is 671 g/mol. The maximum Gasteiger partial charge on any atom is 0.104 e. The molecule has 2 nitrogen and oxygen atoms in total. The maximum atomic E-state index is 7.13. The SMILES string of the molecule is CCCCCCCCCCCC[N+](CCCCCCCCCCCC)(CCCCCCCCCCCC)Cc1ccccc1.N#C[S-]. The molecule has 1 aromatic rings. The highest BCUT2D eigenvalue weighted by Gasteiger charge is 2.26. The number of hydrogen-bond donors (Lipinski definition) is 0. The Morgan fingerprint density at radius 3 is 0.915 bits per heavy atom. The van der Waals surface area contributed by atoms with Crippen molar-refractivity contribution in [2.45, 2.75) is 220 Å². The van der Waals surface area contributed by atoms with Crippen molar-refractivity contribution in [3.05, 3.63) is 35.9 Å². The van der Waals surface area contributed by atoms with E-state index in [1.54, 1.807) is 5.56 Å². The van der Waals surface area contributed by atoms with E-state index in [-0.39, 0.29) is 0 Å². The fraction of sp³-hybridized carbons (Fsp3) is 0.841. The fourth-order valence-corrected chi connectivity index (χ4v) is 7.35. The topological polar surface area (TPSA) is 23.8 Å². The molecule has 0 spiro atoms. The van der Waals surface area contributed by atoms with Gasteiger partial charge in [-0.05, 0) is 38.5 Å². The van der Waals surface area contributed by atoms with E-state index in [0.29, 0.717) is 0 Å². The summed E-state index contributed by atoms with van der Waals surface area (Å²) < 4.78 is 1.36. The van der Waals surface area contributed by atoms with Gasteiger partial charge >= 0.3 is 0 Å². The molecule has 0 fully saturated rings. The van der Waals surface area contributed by atoms with Gasteiger partial charge in [0, 0.05) is 5.56 Å². The van der Waals surface area contributed by atoms with Gasteiger partial charge in [0.05, 0.1) is 19.6 Å². The van der Waals surface area contributed by atoms with E-state index in [0.717, 1.165) is 0 Å². The second-order valence-electron chi connectivity index (χ2n) is 14.8. The summed E-state index contributed by atoms with van der Waals surface area (Å²) in [4.78, 5) is 0. The van der Waals surface area contributed by atoms with Gasteiger partial charge in [0.2, 0.25) is 0 Å². The predicted molar refractivity (Wildman–Crippen MR) is 214 cm³/mol. The average molecular weight is 671 g/mol. The number of nitriles is 1. The van der Waals surface area contributed by atoms with E-state index in [2.05, 4.69) is 63.7 Å². The first-order valence-electron chi connectivity index (χ1n) is 21.1. The molecule has 0 aromatic heterocycles. The molecule has 0 aliphatic heterocycles. The van der Waals surface area contributed by atoms with Crippen LogP contribution in [-0.4, -0.2) is 24.1 Å². The van der Waals surface area contributed by atoms with Crippen LogP contribution in [0.4, 0.5) is 0 Å². The Balaban J connectivity index is 0.00000677. The Morgan fingerprint density at radius 2 is 0.660 bits per heavy atom. The molecular weight excluding hydrogens is 589 g/mol. The number of thiocyanates is 1. The lowest BCUT2D eigenvalue weighted by Gasteiger charge is -2.39. The van der Waals surface area contributed by atoms with Crippen LogP contribution in [0.2, 0.25) is 0 Å². The van der Waals surface area contributed by atoms with Gasteiger partial charge in [0.25, 0.3) is 0 Å². The van der Waals surface area contributed by atoms with Gasteiger partial charge in [-0.15, -0.1) is 0 Å². The minimum absolute atomic E-state index is 1.26. The molecule has 0 aliphatic carbocycles. The summed E-state index contributed by atoms with van der Waals surface area (Å²) in [5, 5.41) is 8.47. The van der Waals surface area contributed by atoms with Crippen molar-refractivity contribution >= 4 is 12.6 Å². The summed E-state index contributed by atoms with van der Waals surface area (Å²) in [6.45, 7) is 12.4. The van der Waals surface area contributed by atoms with Gasteiger partial charge in [0.15, 0.2) is 0 Å². The van der Waals surface area contributed by atoms with Crippen LogP contribution in [0.1, 0.15) is 219 Å². The first-order valence-corrected chi connectivity index (χ1v) is 21.5. The quantitative estimate of drug-likeness (QED) is 0.0310. The Labute approximate surface area is 302 Å². The number of rotatable bonds is 35. The third-order valence-corrected chi connectivity index (χ3v) is 10.3. The molecule has 0 saturated carbocycles. The van der Waals surface area contributed by atoms with Gasteiger partial charge in [-0.2, -0.15) is 0 Å². The summed E-state index contributed by atoms with van der Waals surface area (Å²) in [6.07, 6.45) is 43.3. The number of benzene rings is 1. The molecule has 0 N–H and O–H groups in total. The largest absolute Gasteiger partial charge is 0.696 e. The molecule has 0 bridgehead atoms. The summed E-state index contributed by atoms with van der Waals surface area (Å²) >= 11 is 3.70. The van der Waals surface area contributed by atoms with Crippen LogP contribution in [0.25, 0.3) is 0 Å². The second kappa shape index (κ2) is 37.7. The third-order valence-electron chi connectivity index (χ3n) is 10.3. The van der Waals surface area contributed by atoms with Crippen LogP contribution in [0.15, 0.2) is 30.3 Å². The number of unbranched alkanes of at least 4 members (excludes halogenated alkanes) is 27. The maximum absolute atomic E-state index is 7.13. The number of hydrogen-bond acceptors (Lipinski definition) is 2. The standard InChI is InChI=1S/C43H82N.CHNS/c1-4-7-10-13-16-19-22-25-28-34-39-44(42-43-37-32-31-33-38-43,40-35-29-26-23-20-17-14-11-8-5-2)41-36-30-27-24-21-18-15-12-9-6-3;2-1-3/h31-33,37-38H,4-30,34-36,39-42H2,1-3H3;3H/q+1;/p-1. The summed E-state index contributed by atoms with van der Waals surface area (Å²) in [7, 11) is 0. The van der Waals surface area contributed by atoms with Gasteiger partial charge < -0.3 is 17.1 Å². The van der Waals surface area contributed by atoms with Crippen molar-refractivity contribution in [2.75, 3.05) is 19.6 Å².